The van der Waals surface area contributed by atoms with Gasteiger partial charge in [-0.3, -0.25) is 9.59 Å². The number of primary amides is 1. The Kier molecular flexibility index (Phi) is 6.33. The molecule has 3 rings (SSSR count). The highest BCUT2D eigenvalue weighted by Crippen LogP contribution is 2.37. The molecule has 0 aliphatic heterocycles. The average Bonchev–Trinajstić information content (AvgIpc) is 2.73. The van der Waals surface area contributed by atoms with Crippen molar-refractivity contribution in [2.24, 2.45) is 5.73 Å². The number of carbonyl (C=O) groups is 2. The lowest BCUT2D eigenvalue weighted by molar-refractivity contribution is -0.137. The van der Waals surface area contributed by atoms with Gasteiger partial charge in [0.2, 0.25) is 5.91 Å². The normalized spacial score (nSPS) is 11.0. The van der Waals surface area contributed by atoms with Gasteiger partial charge in [0.05, 0.1) is 18.2 Å². The molecule has 0 bridgehead atoms. The maximum absolute atomic E-state index is 13.7. The molecule has 0 heterocycles. The minimum atomic E-state index is -4.73. The van der Waals surface area contributed by atoms with Crippen LogP contribution in [0, 0.1) is 5.82 Å². The van der Waals surface area contributed by atoms with Crippen LogP contribution in [0.1, 0.15) is 26.3 Å². The number of ether oxygens (including phenoxy) is 2. The smallest absolute Gasteiger partial charge is 0.416 e. The summed E-state index contributed by atoms with van der Waals surface area (Å²) in [6.45, 7) is 0. The van der Waals surface area contributed by atoms with Gasteiger partial charge in [0.15, 0.2) is 11.5 Å². The molecule has 0 atom stereocenters. The topological polar surface area (TPSA) is 90.7 Å². The van der Waals surface area contributed by atoms with Gasteiger partial charge >= 0.3 is 6.18 Å². The Bertz CT molecular complexity index is 1180. The van der Waals surface area contributed by atoms with Gasteiger partial charge < -0.3 is 20.5 Å². The average molecular weight is 448 g/mol. The molecule has 3 N–H and O–H groups in total. The fraction of sp³-hybridized carbons (Fsp3) is 0.0909. The number of hydrogen-bond acceptors (Lipinski definition) is 4. The minimum absolute atomic E-state index is 0.0906. The second-order valence-corrected chi connectivity index (χ2v) is 6.51. The Morgan fingerprint density at radius 2 is 1.66 bits per heavy atom. The van der Waals surface area contributed by atoms with Crippen molar-refractivity contribution in [3.05, 3.63) is 83.2 Å². The van der Waals surface area contributed by atoms with Gasteiger partial charge in [-0.1, -0.05) is 6.07 Å². The van der Waals surface area contributed by atoms with Gasteiger partial charge in [0.25, 0.3) is 5.91 Å². The van der Waals surface area contributed by atoms with Gasteiger partial charge in [-0.2, -0.15) is 13.2 Å². The minimum Gasteiger partial charge on any atom is -0.493 e. The molecular formula is C22H16F4N2O4. The second kappa shape index (κ2) is 8.96. The lowest BCUT2D eigenvalue weighted by atomic mass is 10.1. The number of nitrogens with two attached hydrogens (primary N) is 1. The zero-order chi connectivity index (χ0) is 23.5. The van der Waals surface area contributed by atoms with Crippen LogP contribution in [0.3, 0.4) is 0 Å². The van der Waals surface area contributed by atoms with Crippen LogP contribution in [0.5, 0.6) is 17.2 Å². The number of methoxy groups -OCH3 is 1. The molecular weight excluding hydrogens is 432 g/mol. The molecule has 0 saturated heterocycles. The number of carbonyl (C=O) groups excluding carboxylic acids is 2. The standard InChI is InChI=1S/C22H16F4N2O4/c1-31-18-8-6-14(23)11-19(18)32-17-7-5-13(22(24,25)26)10-16(17)21(30)28-15-4-2-3-12(9-15)20(27)29/h2-11H,1H3,(H2,27,29)(H,28,30). The van der Waals surface area contributed by atoms with E-state index >= 15 is 0 Å². The number of benzene rings is 3. The summed E-state index contributed by atoms with van der Waals surface area (Å²) in [6, 6.07) is 11.2. The van der Waals surface area contributed by atoms with Crippen molar-refractivity contribution >= 4 is 17.5 Å². The highest BCUT2D eigenvalue weighted by molar-refractivity contribution is 6.07. The van der Waals surface area contributed by atoms with Gasteiger partial charge in [0.1, 0.15) is 11.6 Å². The van der Waals surface area contributed by atoms with Crippen molar-refractivity contribution < 1.29 is 36.6 Å². The van der Waals surface area contributed by atoms with Gasteiger partial charge in [-0.15, -0.1) is 0 Å². The molecule has 166 valence electrons. The molecule has 32 heavy (non-hydrogen) atoms. The van der Waals surface area contributed by atoms with E-state index in [1.165, 1.54) is 37.4 Å². The van der Waals surface area contributed by atoms with Gasteiger partial charge in [-0.05, 0) is 48.5 Å². The van der Waals surface area contributed by atoms with E-state index in [4.69, 9.17) is 15.2 Å². The highest BCUT2D eigenvalue weighted by Gasteiger charge is 2.32. The Morgan fingerprint density at radius 1 is 0.938 bits per heavy atom. The van der Waals surface area contributed by atoms with Crippen LogP contribution in [0.4, 0.5) is 23.2 Å². The first-order valence-electron chi connectivity index (χ1n) is 9.02. The van der Waals surface area contributed by atoms with Crippen molar-refractivity contribution in [2.45, 2.75) is 6.18 Å². The SMILES string of the molecule is COc1ccc(F)cc1Oc1ccc(C(F)(F)F)cc1C(=O)Nc1cccc(C(N)=O)c1. The third-order valence-corrected chi connectivity index (χ3v) is 4.30. The van der Waals surface area contributed by atoms with Crippen molar-refractivity contribution in [2.75, 3.05) is 12.4 Å². The largest absolute Gasteiger partial charge is 0.493 e. The molecule has 3 aromatic rings. The predicted octanol–water partition coefficient (Wildman–Crippen LogP) is 5.00. The molecule has 3 aromatic carbocycles. The number of hydrogen-bond donors (Lipinski definition) is 2. The highest BCUT2D eigenvalue weighted by atomic mass is 19.4. The van der Waals surface area contributed by atoms with Crippen LogP contribution >= 0.6 is 0 Å². The Hall–Kier alpha value is -4.08. The quantitative estimate of drug-likeness (QED) is 0.520. The van der Waals surface area contributed by atoms with E-state index in [1.807, 2.05) is 0 Å². The third kappa shape index (κ3) is 5.15. The number of alkyl halides is 3. The molecule has 6 nitrogen and oxygen atoms in total. The van der Waals surface area contributed by atoms with Crippen LogP contribution in [0.25, 0.3) is 0 Å². The molecule has 2 amide bonds. The zero-order valence-corrected chi connectivity index (χ0v) is 16.5. The summed E-state index contributed by atoms with van der Waals surface area (Å²) in [5.74, 6) is -2.69. The first kappa shape index (κ1) is 22.6. The fourth-order valence-electron chi connectivity index (χ4n) is 2.77. The van der Waals surface area contributed by atoms with Crippen LogP contribution in [-0.2, 0) is 6.18 Å². The molecule has 0 fully saturated rings. The first-order valence-corrected chi connectivity index (χ1v) is 9.02. The summed E-state index contributed by atoms with van der Waals surface area (Å²) in [5.41, 5.74) is 3.85. The molecule has 0 aromatic heterocycles. The molecule has 0 saturated carbocycles. The summed E-state index contributed by atoms with van der Waals surface area (Å²) < 4.78 is 64.0. The molecule has 0 aliphatic carbocycles. The summed E-state index contributed by atoms with van der Waals surface area (Å²) >= 11 is 0. The lowest BCUT2D eigenvalue weighted by Crippen LogP contribution is -2.16. The van der Waals surface area contributed by atoms with Crippen LogP contribution in [0.15, 0.2) is 60.7 Å². The summed E-state index contributed by atoms with van der Waals surface area (Å²) in [5, 5.41) is 2.40. The fourth-order valence-corrected chi connectivity index (χ4v) is 2.77. The van der Waals surface area contributed by atoms with Crippen LogP contribution in [-0.4, -0.2) is 18.9 Å². The number of halogens is 4. The molecule has 0 radical (unpaired) electrons. The molecule has 0 unspecified atom stereocenters. The number of amides is 2. The Labute approximate surface area is 179 Å². The molecule has 0 aliphatic rings. The third-order valence-electron chi connectivity index (χ3n) is 4.30. The summed E-state index contributed by atoms with van der Waals surface area (Å²) in [4.78, 5) is 24.2. The predicted molar refractivity (Wildman–Crippen MR) is 107 cm³/mol. The zero-order valence-electron chi connectivity index (χ0n) is 16.5. The van der Waals surface area contributed by atoms with Crippen molar-refractivity contribution in [1.82, 2.24) is 0 Å². The number of nitrogens with one attached hydrogen (secondary N) is 1. The van der Waals surface area contributed by atoms with E-state index in [1.54, 1.807) is 0 Å². The maximum Gasteiger partial charge on any atom is 0.416 e. The monoisotopic (exact) mass is 448 g/mol. The van der Waals surface area contributed by atoms with E-state index in [2.05, 4.69) is 5.32 Å². The van der Waals surface area contributed by atoms with Crippen LogP contribution in [0.2, 0.25) is 0 Å². The van der Waals surface area contributed by atoms with E-state index in [9.17, 15) is 27.2 Å². The first-order chi connectivity index (χ1) is 15.1. The Morgan fingerprint density at radius 3 is 2.31 bits per heavy atom. The Balaban J connectivity index is 2.02. The van der Waals surface area contributed by atoms with Crippen molar-refractivity contribution in [3.8, 4) is 17.2 Å². The lowest BCUT2D eigenvalue weighted by Gasteiger charge is -2.16. The van der Waals surface area contributed by atoms with E-state index in [0.29, 0.717) is 6.07 Å². The molecule has 0 spiro atoms. The van der Waals surface area contributed by atoms with Crippen LogP contribution < -0.4 is 20.5 Å². The van der Waals surface area contributed by atoms with E-state index < -0.39 is 34.9 Å². The summed E-state index contributed by atoms with van der Waals surface area (Å²) in [6.07, 6.45) is -4.73. The van der Waals surface area contributed by atoms with Gasteiger partial charge in [0, 0.05) is 17.3 Å². The van der Waals surface area contributed by atoms with Gasteiger partial charge in [-0.25, -0.2) is 4.39 Å². The number of anilines is 1. The van der Waals surface area contributed by atoms with Crippen molar-refractivity contribution in [1.29, 1.82) is 0 Å². The van der Waals surface area contributed by atoms with E-state index in [-0.39, 0.29) is 28.5 Å². The summed E-state index contributed by atoms with van der Waals surface area (Å²) in [7, 11) is 1.30. The van der Waals surface area contributed by atoms with Crippen molar-refractivity contribution in [3.63, 3.8) is 0 Å². The number of rotatable bonds is 6. The maximum atomic E-state index is 13.7. The molecule has 10 heteroatoms. The second-order valence-electron chi connectivity index (χ2n) is 6.51. The van der Waals surface area contributed by atoms with E-state index in [0.717, 1.165) is 24.3 Å².